The van der Waals surface area contributed by atoms with Crippen molar-refractivity contribution in [2.45, 2.75) is 11.3 Å². The molecule has 0 saturated heterocycles. The lowest BCUT2D eigenvalue weighted by molar-refractivity contribution is 0.199. The molecule has 1 rings (SSSR count). The molecule has 0 fully saturated rings. The van der Waals surface area contributed by atoms with Crippen LogP contribution in [-0.4, -0.2) is 32.6 Å². The topological polar surface area (TPSA) is 21.3 Å². The Morgan fingerprint density at radius 1 is 1.29 bits per heavy atom. The minimum atomic E-state index is -0.396. The SMILES string of the molecule is COCCNCCCSc1cc(F)ccc1F. The lowest BCUT2D eigenvalue weighted by Gasteiger charge is -2.05. The Kier molecular flexibility index (Phi) is 7.16. The zero-order valence-electron chi connectivity index (χ0n) is 9.84. The van der Waals surface area contributed by atoms with Gasteiger partial charge in [-0.05, 0) is 36.9 Å². The van der Waals surface area contributed by atoms with E-state index in [2.05, 4.69) is 5.32 Å². The fourth-order valence-electron chi connectivity index (χ4n) is 1.27. The van der Waals surface area contributed by atoms with Crippen molar-refractivity contribution in [3.63, 3.8) is 0 Å². The van der Waals surface area contributed by atoms with Crippen molar-refractivity contribution in [2.75, 3.05) is 32.6 Å². The first kappa shape index (κ1) is 14.4. The standard InChI is InChI=1S/C12H17F2NOS/c1-16-7-6-15-5-2-8-17-12-9-10(13)3-4-11(12)14/h3-4,9,15H,2,5-8H2,1H3. The second-order valence-electron chi connectivity index (χ2n) is 3.52. The number of nitrogens with one attached hydrogen (secondary N) is 1. The molecule has 17 heavy (non-hydrogen) atoms. The van der Waals surface area contributed by atoms with Crippen LogP contribution in [0.2, 0.25) is 0 Å². The third kappa shape index (κ3) is 6.00. The molecule has 0 aliphatic heterocycles. The maximum Gasteiger partial charge on any atom is 0.136 e. The second-order valence-corrected chi connectivity index (χ2v) is 4.66. The van der Waals surface area contributed by atoms with E-state index >= 15 is 0 Å². The molecule has 0 amide bonds. The van der Waals surface area contributed by atoms with Gasteiger partial charge < -0.3 is 10.1 Å². The van der Waals surface area contributed by atoms with Gasteiger partial charge in [0, 0.05) is 18.6 Å². The molecule has 0 unspecified atom stereocenters. The van der Waals surface area contributed by atoms with Crippen LogP contribution >= 0.6 is 11.8 Å². The Hall–Kier alpha value is -0.650. The van der Waals surface area contributed by atoms with Gasteiger partial charge in [0.2, 0.25) is 0 Å². The van der Waals surface area contributed by atoms with Crippen LogP contribution in [0.4, 0.5) is 8.78 Å². The maximum absolute atomic E-state index is 13.2. The van der Waals surface area contributed by atoms with Crippen LogP contribution in [0.5, 0.6) is 0 Å². The molecule has 1 aromatic carbocycles. The smallest absolute Gasteiger partial charge is 0.136 e. The van der Waals surface area contributed by atoms with Gasteiger partial charge in [-0.25, -0.2) is 8.78 Å². The molecule has 0 aliphatic carbocycles. The first-order valence-electron chi connectivity index (χ1n) is 5.51. The average molecular weight is 261 g/mol. The summed E-state index contributed by atoms with van der Waals surface area (Å²) < 4.78 is 31.0. The number of thioether (sulfide) groups is 1. The molecule has 1 N–H and O–H groups in total. The minimum Gasteiger partial charge on any atom is -0.383 e. The highest BCUT2D eigenvalue weighted by molar-refractivity contribution is 7.99. The van der Waals surface area contributed by atoms with Gasteiger partial charge >= 0.3 is 0 Å². The van der Waals surface area contributed by atoms with Crippen molar-refractivity contribution in [3.05, 3.63) is 29.8 Å². The third-order valence-corrected chi connectivity index (χ3v) is 3.25. The molecule has 0 radical (unpaired) electrons. The predicted octanol–water partition coefficient (Wildman–Crippen LogP) is 2.68. The van der Waals surface area contributed by atoms with Crippen LogP contribution in [0.15, 0.2) is 23.1 Å². The maximum atomic E-state index is 13.2. The number of ether oxygens (including phenoxy) is 1. The van der Waals surface area contributed by atoms with Crippen LogP contribution in [0, 0.1) is 11.6 Å². The van der Waals surface area contributed by atoms with Gasteiger partial charge in [0.15, 0.2) is 0 Å². The van der Waals surface area contributed by atoms with E-state index in [0.717, 1.165) is 37.4 Å². The van der Waals surface area contributed by atoms with E-state index in [1.807, 2.05) is 0 Å². The molecule has 0 saturated carbocycles. The van der Waals surface area contributed by atoms with E-state index in [-0.39, 0.29) is 5.82 Å². The predicted molar refractivity (Wildman–Crippen MR) is 66.4 cm³/mol. The molecule has 96 valence electrons. The van der Waals surface area contributed by atoms with Gasteiger partial charge in [0.25, 0.3) is 0 Å². The molecule has 0 aliphatic rings. The van der Waals surface area contributed by atoms with E-state index < -0.39 is 5.82 Å². The van der Waals surface area contributed by atoms with Gasteiger partial charge in [0.1, 0.15) is 11.6 Å². The third-order valence-electron chi connectivity index (χ3n) is 2.13. The molecular formula is C12H17F2NOS. The lowest BCUT2D eigenvalue weighted by Crippen LogP contribution is -2.20. The quantitative estimate of drug-likeness (QED) is 0.574. The summed E-state index contributed by atoms with van der Waals surface area (Å²) in [5, 5.41) is 3.19. The number of methoxy groups -OCH3 is 1. The van der Waals surface area contributed by atoms with Crippen molar-refractivity contribution in [1.29, 1.82) is 0 Å². The molecule has 1 aromatic rings. The number of rotatable bonds is 8. The van der Waals surface area contributed by atoms with Gasteiger partial charge in [0.05, 0.1) is 6.61 Å². The van der Waals surface area contributed by atoms with E-state index in [9.17, 15) is 8.78 Å². The monoisotopic (exact) mass is 261 g/mol. The molecule has 0 aromatic heterocycles. The van der Waals surface area contributed by atoms with Crippen LogP contribution < -0.4 is 5.32 Å². The van der Waals surface area contributed by atoms with Gasteiger partial charge in [-0.1, -0.05) is 0 Å². The van der Waals surface area contributed by atoms with Crippen molar-refractivity contribution < 1.29 is 13.5 Å². The normalized spacial score (nSPS) is 10.8. The van der Waals surface area contributed by atoms with E-state index in [1.54, 1.807) is 7.11 Å². The zero-order valence-corrected chi connectivity index (χ0v) is 10.7. The number of hydrogen-bond donors (Lipinski definition) is 1. The van der Waals surface area contributed by atoms with Crippen molar-refractivity contribution >= 4 is 11.8 Å². The summed E-state index contributed by atoms with van der Waals surface area (Å²) in [5.74, 6) is 0.0104. The van der Waals surface area contributed by atoms with Crippen molar-refractivity contribution in [3.8, 4) is 0 Å². The van der Waals surface area contributed by atoms with Crippen molar-refractivity contribution in [1.82, 2.24) is 5.32 Å². The number of hydrogen-bond acceptors (Lipinski definition) is 3. The number of halogens is 2. The summed E-state index contributed by atoms with van der Waals surface area (Å²) in [6.45, 7) is 2.36. The van der Waals surface area contributed by atoms with Crippen LogP contribution in [0.3, 0.4) is 0 Å². The molecule has 0 bridgehead atoms. The molecule has 0 spiro atoms. The van der Waals surface area contributed by atoms with Crippen LogP contribution in [0.1, 0.15) is 6.42 Å². The van der Waals surface area contributed by atoms with E-state index in [0.29, 0.717) is 11.5 Å². The highest BCUT2D eigenvalue weighted by atomic mass is 32.2. The summed E-state index contributed by atoms with van der Waals surface area (Å²) in [4.78, 5) is 0.377. The molecular weight excluding hydrogens is 244 g/mol. The Balaban J connectivity index is 2.15. The summed E-state index contributed by atoms with van der Waals surface area (Å²) in [7, 11) is 1.66. The summed E-state index contributed by atoms with van der Waals surface area (Å²) >= 11 is 1.34. The van der Waals surface area contributed by atoms with Crippen molar-refractivity contribution in [2.24, 2.45) is 0 Å². The molecule has 0 heterocycles. The van der Waals surface area contributed by atoms with Gasteiger partial charge in [-0.15, -0.1) is 11.8 Å². The Morgan fingerprint density at radius 2 is 2.12 bits per heavy atom. The number of benzene rings is 1. The van der Waals surface area contributed by atoms with Crippen LogP contribution in [-0.2, 0) is 4.74 Å². The first-order chi connectivity index (χ1) is 8.24. The second kappa shape index (κ2) is 8.44. The fourth-order valence-corrected chi connectivity index (χ4v) is 2.18. The summed E-state index contributed by atoms with van der Waals surface area (Å²) in [6, 6.07) is 3.53. The Morgan fingerprint density at radius 3 is 2.88 bits per heavy atom. The van der Waals surface area contributed by atoms with Gasteiger partial charge in [-0.3, -0.25) is 0 Å². The largest absolute Gasteiger partial charge is 0.383 e. The Labute approximate surface area is 105 Å². The first-order valence-corrected chi connectivity index (χ1v) is 6.50. The molecule has 5 heteroatoms. The average Bonchev–Trinajstić information content (AvgIpc) is 2.32. The fraction of sp³-hybridized carbons (Fsp3) is 0.500. The van der Waals surface area contributed by atoms with E-state index in [4.69, 9.17) is 4.74 Å². The molecule has 2 nitrogen and oxygen atoms in total. The van der Waals surface area contributed by atoms with Gasteiger partial charge in [-0.2, -0.15) is 0 Å². The minimum absolute atomic E-state index is 0.358. The van der Waals surface area contributed by atoms with Crippen LogP contribution in [0.25, 0.3) is 0 Å². The highest BCUT2D eigenvalue weighted by Gasteiger charge is 2.03. The highest BCUT2D eigenvalue weighted by Crippen LogP contribution is 2.22. The Bertz CT molecular complexity index is 336. The zero-order chi connectivity index (χ0) is 12.5. The summed E-state index contributed by atoms with van der Waals surface area (Å²) in [6.07, 6.45) is 0.907. The molecule has 0 atom stereocenters. The summed E-state index contributed by atoms with van der Waals surface area (Å²) in [5.41, 5.74) is 0. The van der Waals surface area contributed by atoms with E-state index in [1.165, 1.54) is 17.8 Å². The lowest BCUT2D eigenvalue weighted by atomic mass is 10.3.